The molecule has 1 aromatic carbocycles. The van der Waals surface area contributed by atoms with E-state index in [9.17, 15) is 9.59 Å². The summed E-state index contributed by atoms with van der Waals surface area (Å²) >= 11 is 0. The van der Waals surface area contributed by atoms with Gasteiger partial charge in [0.2, 0.25) is 5.91 Å². The summed E-state index contributed by atoms with van der Waals surface area (Å²) < 4.78 is 8.66. The first-order valence-electron chi connectivity index (χ1n) is 9.77. The zero-order chi connectivity index (χ0) is 19.3. The Morgan fingerprint density at radius 2 is 2.07 bits per heavy atom. The number of hydrogen-bond acceptors (Lipinski definition) is 5. The molecule has 1 aliphatic heterocycles. The summed E-state index contributed by atoms with van der Waals surface area (Å²) in [5.74, 6) is 0.589. The molecule has 3 aromatic rings. The molecule has 1 saturated heterocycles. The number of aromatic nitrogens is 4. The molecule has 2 aromatic heterocycles. The number of carbonyl (C=O) groups is 1. The maximum atomic E-state index is 13.1. The first kappa shape index (κ1) is 17.2. The Bertz CT molecular complexity index is 1090. The molecule has 2 fully saturated rings. The minimum Gasteiger partial charge on any atom is -0.408 e. The average molecular weight is 381 g/mol. The van der Waals surface area contributed by atoms with Crippen LogP contribution >= 0.6 is 0 Å². The van der Waals surface area contributed by atoms with Gasteiger partial charge in [-0.15, -0.1) is 10.2 Å². The van der Waals surface area contributed by atoms with Gasteiger partial charge in [0.1, 0.15) is 18.7 Å². The number of carbonyl (C=O) groups excluding carboxylic acids is 1. The van der Waals surface area contributed by atoms with Gasteiger partial charge in [-0.2, -0.15) is 0 Å². The second-order valence-corrected chi connectivity index (χ2v) is 8.12. The highest BCUT2D eigenvalue weighted by Crippen LogP contribution is 2.52. The third-order valence-electron chi connectivity index (χ3n) is 6.53. The van der Waals surface area contributed by atoms with Crippen LogP contribution in [0.3, 0.4) is 0 Å². The van der Waals surface area contributed by atoms with Gasteiger partial charge in [-0.3, -0.25) is 9.36 Å². The second-order valence-electron chi connectivity index (χ2n) is 8.12. The Hall–Kier alpha value is -2.90. The molecule has 8 heteroatoms. The van der Waals surface area contributed by atoms with E-state index in [-0.39, 0.29) is 23.8 Å². The highest BCUT2D eigenvalue weighted by Gasteiger charge is 2.51. The van der Waals surface area contributed by atoms with Crippen LogP contribution in [0.15, 0.2) is 39.8 Å². The number of rotatable bonds is 3. The lowest BCUT2D eigenvalue weighted by Crippen LogP contribution is -2.35. The summed E-state index contributed by atoms with van der Waals surface area (Å²) in [6, 6.07) is 7.20. The van der Waals surface area contributed by atoms with Crippen LogP contribution in [0.1, 0.15) is 37.4 Å². The Morgan fingerprint density at radius 3 is 2.82 bits per heavy atom. The second kappa shape index (κ2) is 6.32. The van der Waals surface area contributed by atoms with Crippen LogP contribution in [-0.2, 0) is 18.4 Å². The monoisotopic (exact) mass is 381 g/mol. The van der Waals surface area contributed by atoms with E-state index >= 15 is 0 Å². The molecular weight excluding hydrogens is 358 g/mol. The standard InChI is InChI=1S/C20H23N5O3/c1-23-13-21-22-18(23)14-10-24(12-20(14)8-4-5-9-20)17(26)11-25-15-6-2-3-7-16(15)28-19(25)27/h2-3,6-7,13-14H,4-5,8-12H2,1H3. The molecule has 1 aliphatic carbocycles. The topological polar surface area (TPSA) is 86.2 Å². The molecule has 0 bridgehead atoms. The van der Waals surface area contributed by atoms with Crippen molar-refractivity contribution in [1.29, 1.82) is 0 Å². The Morgan fingerprint density at radius 1 is 1.29 bits per heavy atom. The first-order chi connectivity index (χ1) is 13.6. The van der Waals surface area contributed by atoms with Crippen LogP contribution < -0.4 is 5.76 Å². The molecule has 1 atom stereocenters. The molecule has 8 nitrogen and oxygen atoms in total. The van der Waals surface area contributed by atoms with Crippen LogP contribution in [0, 0.1) is 5.41 Å². The van der Waals surface area contributed by atoms with Gasteiger partial charge in [0.15, 0.2) is 5.58 Å². The van der Waals surface area contributed by atoms with Gasteiger partial charge in [0.25, 0.3) is 0 Å². The molecule has 2 aliphatic rings. The number of likely N-dealkylation sites (tertiary alicyclic amines) is 1. The van der Waals surface area contributed by atoms with Crippen molar-refractivity contribution >= 4 is 17.0 Å². The molecule has 146 valence electrons. The van der Waals surface area contributed by atoms with Crippen molar-refractivity contribution in [1.82, 2.24) is 24.2 Å². The van der Waals surface area contributed by atoms with Crippen molar-refractivity contribution in [3.8, 4) is 0 Å². The largest absolute Gasteiger partial charge is 0.420 e. The maximum Gasteiger partial charge on any atom is 0.420 e. The van der Waals surface area contributed by atoms with Gasteiger partial charge in [0.05, 0.1) is 5.52 Å². The van der Waals surface area contributed by atoms with E-state index in [4.69, 9.17) is 4.42 Å². The predicted octanol–water partition coefficient (Wildman–Crippen LogP) is 1.91. The van der Waals surface area contributed by atoms with Crippen molar-refractivity contribution in [2.45, 2.75) is 38.1 Å². The van der Waals surface area contributed by atoms with E-state index in [2.05, 4.69) is 10.2 Å². The third kappa shape index (κ3) is 2.58. The summed E-state index contributed by atoms with van der Waals surface area (Å²) in [5.41, 5.74) is 1.23. The highest BCUT2D eigenvalue weighted by atomic mass is 16.4. The summed E-state index contributed by atoms with van der Waals surface area (Å²) in [4.78, 5) is 27.3. The Kier molecular flexibility index (Phi) is 3.89. The number of aryl methyl sites for hydroxylation is 1. The fourth-order valence-corrected chi connectivity index (χ4v) is 5.11. The number of para-hydroxylation sites is 2. The lowest BCUT2D eigenvalue weighted by molar-refractivity contribution is -0.131. The van der Waals surface area contributed by atoms with Crippen LogP contribution in [0.4, 0.5) is 0 Å². The number of nitrogens with zero attached hydrogens (tertiary/aromatic N) is 5. The molecule has 0 radical (unpaired) electrons. The molecule has 5 rings (SSSR count). The average Bonchev–Trinajstić information content (AvgIpc) is 3.45. The van der Waals surface area contributed by atoms with Crippen molar-refractivity contribution in [3.63, 3.8) is 0 Å². The van der Waals surface area contributed by atoms with E-state index in [1.165, 1.54) is 17.4 Å². The molecule has 0 N–H and O–H groups in total. The van der Waals surface area contributed by atoms with Gasteiger partial charge in [-0.25, -0.2) is 4.79 Å². The quantitative estimate of drug-likeness (QED) is 0.692. The fraction of sp³-hybridized carbons (Fsp3) is 0.500. The van der Waals surface area contributed by atoms with Gasteiger partial charge in [-0.05, 0) is 30.4 Å². The predicted molar refractivity (Wildman–Crippen MR) is 102 cm³/mol. The number of fused-ring (bicyclic) bond motifs is 1. The molecular formula is C20H23N5O3. The molecule has 1 spiro atoms. The van der Waals surface area contributed by atoms with Crippen molar-refractivity contribution < 1.29 is 9.21 Å². The summed E-state index contributed by atoms with van der Waals surface area (Å²) in [6.45, 7) is 1.33. The van der Waals surface area contributed by atoms with Crippen LogP contribution in [0.5, 0.6) is 0 Å². The smallest absolute Gasteiger partial charge is 0.408 e. The fourth-order valence-electron chi connectivity index (χ4n) is 5.11. The minimum atomic E-state index is -0.492. The van der Waals surface area contributed by atoms with Crippen molar-refractivity contribution in [2.24, 2.45) is 12.5 Å². The van der Waals surface area contributed by atoms with E-state index < -0.39 is 5.76 Å². The summed E-state index contributed by atoms with van der Waals surface area (Å²) in [6.07, 6.45) is 6.29. The van der Waals surface area contributed by atoms with Crippen LogP contribution in [-0.4, -0.2) is 43.2 Å². The molecule has 3 heterocycles. The number of hydrogen-bond donors (Lipinski definition) is 0. The first-order valence-corrected chi connectivity index (χ1v) is 9.77. The highest BCUT2D eigenvalue weighted by molar-refractivity contribution is 5.80. The lowest BCUT2D eigenvalue weighted by Gasteiger charge is -2.28. The number of amides is 1. The van der Waals surface area contributed by atoms with Crippen molar-refractivity contribution in [2.75, 3.05) is 13.1 Å². The van der Waals surface area contributed by atoms with Gasteiger partial charge >= 0.3 is 5.76 Å². The van der Waals surface area contributed by atoms with E-state index in [1.807, 2.05) is 28.6 Å². The normalized spacial score (nSPS) is 21.2. The van der Waals surface area contributed by atoms with E-state index in [1.54, 1.807) is 18.5 Å². The zero-order valence-corrected chi connectivity index (χ0v) is 15.9. The van der Waals surface area contributed by atoms with Crippen LogP contribution in [0.2, 0.25) is 0 Å². The minimum absolute atomic E-state index is 0.00252. The van der Waals surface area contributed by atoms with Crippen LogP contribution in [0.25, 0.3) is 11.1 Å². The summed E-state index contributed by atoms with van der Waals surface area (Å²) in [7, 11) is 1.96. The zero-order valence-electron chi connectivity index (χ0n) is 15.9. The lowest BCUT2D eigenvalue weighted by atomic mass is 9.76. The van der Waals surface area contributed by atoms with Crippen molar-refractivity contribution in [3.05, 3.63) is 47.0 Å². The number of benzene rings is 1. The molecule has 1 saturated carbocycles. The molecule has 1 amide bonds. The summed E-state index contributed by atoms with van der Waals surface area (Å²) in [5, 5.41) is 8.40. The van der Waals surface area contributed by atoms with Gasteiger partial charge in [0, 0.05) is 26.1 Å². The number of oxazole rings is 1. The Balaban J connectivity index is 1.43. The van der Waals surface area contributed by atoms with Gasteiger partial charge in [-0.1, -0.05) is 25.0 Å². The molecule has 1 unspecified atom stereocenters. The SMILES string of the molecule is Cn1cnnc1C1CN(C(=O)Cn2c(=O)oc3ccccc32)CC12CCCC2. The van der Waals surface area contributed by atoms with E-state index in [0.29, 0.717) is 24.2 Å². The Labute approximate surface area is 161 Å². The third-order valence-corrected chi connectivity index (χ3v) is 6.53. The van der Waals surface area contributed by atoms with Gasteiger partial charge < -0.3 is 13.9 Å². The van der Waals surface area contributed by atoms with E-state index in [0.717, 1.165) is 18.7 Å². The maximum absolute atomic E-state index is 13.1. The molecule has 28 heavy (non-hydrogen) atoms.